The fourth-order valence-corrected chi connectivity index (χ4v) is 1.81. The van der Waals surface area contributed by atoms with Gasteiger partial charge in [0, 0.05) is 0 Å². The molecule has 17 heavy (non-hydrogen) atoms. The monoisotopic (exact) mass is 243 g/mol. The number of nitrogens with zero attached hydrogens (tertiary/aromatic N) is 2. The summed E-state index contributed by atoms with van der Waals surface area (Å²) in [4.78, 5) is 14.8. The molecule has 1 aliphatic heterocycles. The molecular weight excluding hydrogens is 230 g/mol. The first-order valence-corrected chi connectivity index (χ1v) is 5.00. The third-order valence-electron chi connectivity index (χ3n) is 2.71. The molecule has 1 aromatic heterocycles. The van der Waals surface area contributed by atoms with Gasteiger partial charge in [0.15, 0.2) is 6.23 Å². The Morgan fingerprint density at radius 1 is 1.53 bits per heavy atom. The van der Waals surface area contributed by atoms with Gasteiger partial charge in [0.05, 0.1) is 19.1 Å². The number of aliphatic hydroxyl groups excluding tert-OH is 3. The van der Waals surface area contributed by atoms with Crippen molar-refractivity contribution in [3.63, 3.8) is 0 Å². The fourth-order valence-electron chi connectivity index (χ4n) is 1.81. The highest BCUT2D eigenvalue weighted by Crippen LogP contribution is 2.29. The van der Waals surface area contributed by atoms with Crippen LogP contribution in [0.15, 0.2) is 12.5 Å². The number of primary amides is 1. The van der Waals surface area contributed by atoms with Crippen molar-refractivity contribution in [3.8, 4) is 0 Å². The largest absolute Gasteiger partial charge is 0.394 e. The zero-order chi connectivity index (χ0) is 12.6. The minimum atomic E-state index is -1.26. The molecule has 4 atom stereocenters. The number of hydrogen-bond acceptors (Lipinski definition) is 6. The number of rotatable bonds is 3. The zero-order valence-corrected chi connectivity index (χ0v) is 8.80. The van der Waals surface area contributed by atoms with E-state index in [2.05, 4.69) is 4.98 Å². The molecule has 0 aromatic carbocycles. The second-order valence-corrected chi connectivity index (χ2v) is 3.78. The molecule has 1 saturated heterocycles. The van der Waals surface area contributed by atoms with Crippen LogP contribution in [0.4, 0.5) is 0 Å². The molecule has 1 aliphatic rings. The van der Waals surface area contributed by atoms with Gasteiger partial charge in [0.1, 0.15) is 24.0 Å². The molecule has 8 heteroatoms. The summed E-state index contributed by atoms with van der Waals surface area (Å²) in [5.74, 6) is -0.722. The van der Waals surface area contributed by atoms with E-state index in [9.17, 15) is 15.0 Å². The van der Waals surface area contributed by atoms with Crippen LogP contribution in [0.1, 0.15) is 16.7 Å². The smallest absolute Gasteiger partial charge is 0.267 e. The normalized spacial score (nSPS) is 32.9. The summed E-state index contributed by atoms with van der Waals surface area (Å²) in [5, 5.41) is 28.3. The Labute approximate surface area is 96.3 Å². The Hall–Kier alpha value is -1.48. The molecule has 0 aliphatic carbocycles. The summed E-state index contributed by atoms with van der Waals surface area (Å²) in [6, 6.07) is 0. The van der Waals surface area contributed by atoms with Crippen molar-refractivity contribution in [3.05, 3.63) is 18.2 Å². The van der Waals surface area contributed by atoms with E-state index in [1.165, 1.54) is 17.1 Å². The zero-order valence-electron chi connectivity index (χ0n) is 8.80. The topological polar surface area (TPSA) is 131 Å². The first-order valence-electron chi connectivity index (χ1n) is 5.00. The SMILES string of the molecule is NC(=O)c1cncn1C1O[C@H](CO)[C@@H](O)[C@H]1O. The lowest BCUT2D eigenvalue weighted by Gasteiger charge is -2.17. The third kappa shape index (κ3) is 1.91. The summed E-state index contributed by atoms with van der Waals surface area (Å²) >= 11 is 0. The summed E-state index contributed by atoms with van der Waals surface area (Å²) < 4.78 is 6.46. The van der Waals surface area contributed by atoms with E-state index in [1.54, 1.807) is 0 Å². The number of carbonyl (C=O) groups is 1. The van der Waals surface area contributed by atoms with Gasteiger partial charge in [0.2, 0.25) is 0 Å². The number of ether oxygens (including phenoxy) is 1. The standard InChI is InChI=1S/C9H13N3O5/c10-8(16)4-1-11-3-12(4)9-7(15)6(14)5(2-13)17-9/h1,3,5-7,9,13-15H,2H2,(H2,10,16)/t5-,6-,7-,9?/m1/s1. The van der Waals surface area contributed by atoms with Crippen LogP contribution in [0.5, 0.6) is 0 Å². The van der Waals surface area contributed by atoms with Gasteiger partial charge in [-0.15, -0.1) is 0 Å². The number of imidazole rings is 1. The Kier molecular flexibility index (Phi) is 3.11. The van der Waals surface area contributed by atoms with E-state index in [-0.39, 0.29) is 5.69 Å². The molecule has 1 fully saturated rings. The van der Waals surface area contributed by atoms with Crippen molar-refractivity contribution in [1.29, 1.82) is 0 Å². The summed E-state index contributed by atoms with van der Waals surface area (Å²) in [6.45, 7) is -0.435. The van der Waals surface area contributed by atoms with E-state index in [1.807, 2.05) is 0 Å². The number of nitrogens with two attached hydrogens (primary N) is 1. The maximum Gasteiger partial charge on any atom is 0.267 e. The van der Waals surface area contributed by atoms with Gasteiger partial charge < -0.3 is 25.8 Å². The molecule has 94 valence electrons. The molecule has 8 nitrogen and oxygen atoms in total. The average Bonchev–Trinajstić information content (AvgIpc) is 2.86. The molecule has 0 bridgehead atoms. The third-order valence-corrected chi connectivity index (χ3v) is 2.71. The molecule has 1 unspecified atom stereocenters. The van der Waals surface area contributed by atoms with Crippen molar-refractivity contribution < 1.29 is 24.9 Å². The molecule has 2 rings (SSSR count). The Morgan fingerprint density at radius 2 is 2.24 bits per heavy atom. The molecule has 1 aromatic rings. The first-order chi connectivity index (χ1) is 8.06. The molecule has 2 heterocycles. The second-order valence-electron chi connectivity index (χ2n) is 3.78. The average molecular weight is 243 g/mol. The lowest BCUT2D eigenvalue weighted by Crippen LogP contribution is -2.33. The first kappa shape index (κ1) is 12.0. The van der Waals surface area contributed by atoms with E-state index in [0.717, 1.165) is 0 Å². The highest BCUT2D eigenvalue weighted by Gasteiger charge is 2.44. The van der Waals surface area contributed by atoms with Gasteiger partial charge in [-0.25, -0.2) is 4.98 Å². The van der Waals surface area contributed by atoms with Crippen LogP contribution in [0.3, 0.4) is 0 Å². The highest BCUT2D eigenvalue weighted by atomic mass is 16.6. The van der Waals surface area contributed by atoms with Crippen LogP contribution in [-0.2, 0) is 4.74 Å². The minimum Gasteiger partial charge on any atom is -0.394 e. The molecule has 5 N–H and O–H groups in total. The number of aliphatic hydroxyl groups is 3. The quantitative estimate of drug-likeness (QED) is 0.468. The highest BCUT2D eigenvalue weighted by molar-refractivity contribution is 5.90. The molecule has 0 spiro atoms. The predicted molar refractivity (Wildman–Crippen MR) is 53.8 cm³/mol. The maximum absolute atomic E-state index is 11.1. The fraction of sp³-hybridized carbons (Fsp3) is 0.556. The lowest BCUT2D eigenvalue weighted by atomic mass is 10.1. The maximum atomic E-state index is 11.1. The van der Waals surface area contributed by atoms with Gasteiger partial charge >= 0.3 is 0 Å². The van der Waals surface area contributed by atoms with Crippen LogP contribution in [-0.4, -0.2) is 55.7 Å². The predicted octanol–water partition coefficient (Wildman–Crippen LogP) is -2.41. The van der Waals surface area contributed by atoms with Crippen LogP contribution >= 0.6 is 0 Å². The van der Waals surface area contributed by atoms with E-state index < -0.39 is 37.1 Å². The van der Waals surface area contributed by atoms with Gasteiger partial charge in [-0.05, 0) is 0 Å². The van der Waals surface area contributed by atoms with Gasteiger partial charge in [-0.2, -0.15) is 0 Å². The van der Waals surface area contributed by atoms with Crippen molar-refractivity contribution in [2.24, 2.45) is 5.73 Å². The van der Waals surface area contributed by atoms with Crippen molar-refractivity contribution in [1.82, 2.24) is 9.55 Å². The van der Waals surface area contributed by atoms with Crippen LogP contribution in [0.2, 0.25) is 0 Å². The molecule has 0 saturated carbocycles. The van der Waals surface area contributed by atoms with Crippen LogP contribution in [0.25, 0.3) is 0 Å². The molecule has 0 radical (unpaired) electrons. The summed E-state index contributed by atoms with van der Waals surface area (Å²) in [5.41, 5.74) is 5.18. The number of amides is 1. The van der Waals surface area contributed by atoms with Crippen molar-refractivity contribution in [2.75, 3.05) is 6.61 Å². The second kappa shape index (κ2) is 4.41. The van der Waals surface area contributed by atoms with Gasteiger partial charge in [-0.1, -0.05) is 0 Å². The summed E-state index contributed by atoms with van der Waals surface area (Å²) in [7, 11) is 0. The van der Waals surface area contributed by atoms with Gasteiger partial charge in [0.25, 0.3) is 5.91 Å². The van der Waals surface area contributed by atoms with Crippen molar-refractivity contribution >= 4 is 5.91 Å². The van der Waals surface area contributed by atoms with E-state index in [0.29, 0.717) is 0 Å². The Balaban J connectivity index is 2.29. The number of hydrogen-bond donors (Lipinski definition) is 4. The van der Waals surface area contributed by atoms with Crippen molar-refractivity contribution in [2.45, 2.75) is 24.5 Å². The van der Waals surface area contributed by atoms with E-state index in [4.69, 9.17) is 15.6 Å². The lowest BCUT2D eigenvalue weighted by molar-refractivity contribution is -0.0534. The van der Waals surface area contributed by atoms with Gasteiger partial charge in [-0.3, -0.25) is 9.36 Å². The Morgan fingerprint density at radius 3 is 2.76 bits per heavy atom. The minimum absolute atomic E-state index is 0.0554. The van der Waals surface area contributed by atoms with E-state index >= 15 is 0 Å². The van der Waals surface area contributed by atoms with Crippen LogP contribution < -0.4 is 5.73 Å². The summed E-state index contributed by atoms with van der Waals surface area (Å²) in [6.07, 6.45) is -1.89. The Bertz CT molecular complexity index is 421. The number of carbonyl (C=O) groups excluding carboxylic acids is 1. The molecule has 1 amide bonds. The molecular formula is C9H13N3O5. The van der Waals surface area contributed by atoms with Crippen LogP contribution in [0, 0.1) is 0 Å². The number of aromatic nitrogens is 2.